The molecular weight excluding hydrogens is 246 g/mol. The monoisotopic (exact) mass is 261 g/mol. The van der Waals surface area contributed by atoms with Gasteiger partial charge in [-0.15, -0.1) is 0 Å². The maximum atomic E-state index is 6.04. The van der Waals surface area contributed by atoms with E-state index in [1.165, 1.54) is 19.3 Å². The highest BCUT2D eigenvalue weighted by Crippen LogP contribution is 2.30. The first-order valence-electron chi connectivity index (χ1n) is 6.44. The van der Waals surface area contributed by atoms with Gasteiger partial charge >= 0.3 is 0 Å². The second-order valence-corrected chi connectivity index (χ2v) is 5.21. The Morgan fingerprint density at radius 2 is 2.06 bits per heavy atom. The molecule has 0 N–H and O–H groups in total. The first-order valence-corrected chi connectivity index (χ1v) is 6.82. The Kier molecular flexibility index (Phi) is 3.08. The highest BCUT2D eigenvalue weighted by Gasteiger charge is 2.22. The van der Waals surface area contributed by atoms with E-state index in [2.05, 4.69) is 27.9 Å². The van der Waals surface area contributed by atoms with Crippen molar-refractivity contribution in [1.82, 2.24) is 9.97 Å². The van der Waals surface area contributed by atoms with Gasteiger partial charge in [0.25, 0.3) is 0 Å². The number of piperidine rings is 1. The van der Waals surface area contributed by atoms with Crippen molar-refractivity contribution in [1.29, 1.82) is 0 Å². The molecule has 2 aromatic rings. The molecule has 3 rings (SSSR count). The number of anilines is 1. The van der Waals surface area contributed by atoms with Gasteiger partial charge in [0.2, 0.25) is 5.28 Å². The number of nitrogens with zero attached hydrogens (tertiary/aromatic N) is 3. The van der Waals surface area contributed by atoms with Crippen molar-refractivity contribution < 1.29 is 0 Å². The van der Waals surface area contributed by atoms with Crippen LogP contribution >= 0.6 is 11.6 Å². The molecule has 1 atom stereocenters. The molecule has 1 aromatic heterocycles. The minimum absolute atomic E-state index is 0.335. The summed E-state index contributed by atoms with van der Waals surface area (Å²) in [4.78, 5) is 11.1. The molecule has 2 heterocycles. The van der Waals surface area contributed by atoms with Crippen LogP contribution < -0.4 is 4.90 Å². The maximum absolute atomic E-state index is 6.04. The third-order valence-electron chi connectivity index (χ3n) is 3.63. The fraction of sp³-hybridized carbons (Fsp3) is 0.429. The van der Waals surface area contributed by atoms with Crippen LogP contribution in [0.25, 0.3) is 10.9 Å². The highest BCUT2D eigenvalue weighted by atomic mass is 35.5. The van der Waals surface area contributed by atoms with Crippen LogP contribution in [0.2, 0.25) is 5.28 Å². The van der Waals surface area contributed by atoms with E-state index in [0.29, 0.717) is 11.3 Å². The van der Waals surface area contributed by atoms with E-state index in [-0.39, 0.29) is 0 Å². The number of hydrogen-bond acceptors (Lipinski definition) is 3. The Balaban J connectivity index is 2.15. The van der Waals surface area contributed by atoms with Crippen LogP contribution in [0.15, 0.2) is 24.3 Å². The number of fused-ring (bicyclic) bond motifs is 1. The lowest BCUT2D eigenvalue weighted by Gasteiger charge is -2.35. The maximum Gasteiger partial charge on any atom is 0.224 e. The highest BCUT2D eigenvalue weighted by molar-refractivity contribution is 6.28. The van der Waals surface area contributed by atoms with E-state index < -0.39 is 0 Å². The molecule has 1 aliphatic heterocycles. The molecule has 3 nitrogen and oxygen atoms in total. The molecular formula is C14H16ClN3. The Bertz CT molecular complexity index is 570. The van der Waals surface area contributed by atoms with Crippen LogP contribution in [0.5, 0.6) is 0 Å². The van der Waals surface area contributed by atoms with Gasteiger partial charge in [-0.25, -0.2) is 4.98 Å². The smallest absolute Gasteiger partial charge is 0.224 e. The van der Waals surface area contributed by atoms with Gasteiger partial charge in [-0.3, -0.25) is 0 Å². The predicted molar refractivity (Wildman–Crippen MR) is 75.2 cm³/mol. The molecule has 1 aromatic carbocycles. The van der Waals surface area contributed by atoms with Crippen LogP contribution in [0.3, 0.4) is 0 Å². The van der Waals surface area contributed by atoms with Crippen molar-refractivity contribution in [2.75, 3.05) is 11.4 Å². The molecule has 0 saturated carbocycles. The van der Waals surface area contributed by atoms with E-state index in [1.807, 2.05) is 18.2 Å². The van der Waals surface area contributed by atoms with Crippen LogP contribution in [0.4, 0.5) is 5.82 Å². The van der Waals surface area contributed by atoms with Crippen molar-refractivity contribution in [3.63, 3.8) is 0 Å². The molecule has 4 heteroatoms. The van der Waals surface area contributed by atoms with Gasteiger partial charge in [0.15, 0.2) is 0 Å². The van der Waals surface area contributed by atoms with Crippen molar-refractivity contribution in [2.45, 2.75) is 32.2 Å². The summed E-state index contributed by atoms with van der Waals surface area (Å²) >= 11 is 6.04. The van der Waals surface area contributed by atoms with E-state index in [1.54, 1.807) is 0 Å². The van der Waals surface area contributed by atoms with E-state index in [0.717, 1.165) is 23.3 Å². The van der Waals surface area contributed by atoms with Crippen molar-refractivity contribution in [2.24, 2.45) is 0 Å². The summed E-state index contributed by atoms with van der Waals surface area (Å²) in [6, 6.07) is 8.59. The number of benzene rings is 1. The van der Waals surface area contributed by atoms with Crippen LogP contribution in [0, 0.1) is 0 Å². The minimum Gasteiger partial charge on any atom is -0.353 e. The summed E-state index contributed by atoms with van der Waals surface area (Å²) in [5, 5.41) is 1.43. The molecule has 1 fully saturated rings. The molecule has 0 radical (unpaired) electrons. The molecule has 0 aliphatic carbocycles. The minimum atomic E-state index is 0.335. The standard InChI is InChI=1S/C14H16ClN3/c1-10-6-4-5-9-18(10)13-11-7-2-3-8-12(11)16-14(15)17-13/h2-3,7-8,10H,4-6,9H2,1H3/t10-/m1/s1. The molecule has 94 valence electrons. The number of hydrogen-bond donors (Lipinski definition) is 0. The van der Waals surface area contributed by atoms with Crippen molar-refractivity contribution in [3.8, 4) is 0 Å². The molecule has 1 aliphatic rings. The lowest BCUT2D eigenvalue weighted by Crippen LogP contribution is -2.38. The fourth-order valence-corrected chi connectivity index (χ4v) is 2.84. The predicted octanol–water partition coefficient (Wildman–Crippen LogP) is 3.66. The quantitative estimate of drug-likeness (QED) is 0.734. The fourth-order valence-electron chi connectivity index (χ4n) is 2.66. The zero-order chi connectivity index (χ0) is 12.5. The second-order valence-electron chi connectivity index (χ2n) is 4.87. The zero-order valence-electron chi connectivity index (χ0n) is 10.4. The first-order chi connectivity index (χ1) is 8.75. The Morgan fingerprint density at radius 1 is 1.22 bits per heavy atom. The van der Waals surface area contributed by atoms with Crippen LogP contribution in [0.1, 0.15) is 26.2 Å². The molecule has 0 bridgehead atoms. The summed E-state index contributed by atoms with van der Waals surface area (Å²) in [5.41, 5.74) is 0.922. The van der Waals surface area contributed by atoms with Gasteiger partial charge < -0.3 is 4.90 Å². The normalized spacial score (nSPS) is 20.3. The number of aromatic nitrogens is 2. The topological polar surface area (TPSA) is 29.0 Å². The number of para-hydroxylation sites is 1. The number of halogens is 1. The molecule has 0 unspecified atom stereocenters. The van der Waals surface area contributed by atoms with Crippen LogP contribution in [-0.2, 0) is 0 Å². The molecule has 18 heavy (non-hydrogen) atoms. The lowest BCUT2D eigenvalue weighted by atomic mass is 10.0. The summed E-state index contributed by atoms with van der Waals surface area (Å²) in [5.74, 6) is 0.984. The van der Waals surface area contributed by atoms with Gasteiger partial charge in [0, 0.05) is 18.0 Å². The van der Waals surface area contributed by atoms with Gasteiger partial charge in [-0.05, 0) is 49.9 Å². The summed E-state index contributed by atoms with van der Waals surface area (Å²) < 4.78 is 0. The van der Waals surface area contributed by atoms with E-state index in [9.17, 15) is 0 Å². The van der Waals surface area contributed by atoms with Crippen LogP contribution in [-0.4, -0.2) is 22.6 Å². The van der Waals surface area contributed by atoms with Crippen molar-refractivity contribution in [3.05, 3.63) is 29.5 Å². The average Bonchev–Trinajstić information content (AvgIpc) is 2.38. The zero-order valence-corrected chi connectivity index (χ0v) is 11.2. The van der Waals surface area contributed by atoms with Gasteiger partial charge in [0.1, 0.15) is 5.82 Å². The second kappa shape index (κ2) is 4.73. The number of rotatable bonds is 1. The Labute approximate surface area is 112 Å². The molecule has 1 saturated heterocycles. The largest absolute Gasteiger partial charge is 0.353 e. The Hall–Kier alpha value is -1.35. The SMILES string of the molecule is C[C@@H]1CCCCN1c1nc(Cl)nc2ccccc12. The van der Waals surface area contributed by atoms with Gasteiger partial charge in [-0.2, -0.15) is 4.98 Å². The van der Waals surface area contributed by atoms with E-state index in [4.69, 9.17) is 11.6 Å². The molecule has 0 amide bonds. The third kappa shape index (κ3) is 2.03. The van der Waals surface area contributed by atoms with Gasteiger partial charge in [-0.1, -0.05) is 12.1 Å². The Morgan fingerprint density at radius 3 is 2.89 bits per heavy atom. The summed E-state index contributed by atoms with van der Waals surface area (Å²) in [6.45, 7) is 3.31. The lowest BCUT2D eigenvalue weighted by molar-refractivity contribution is 0.482. The first kappa shape index (κ1) is 11.7. The third-order valence-corrected chi connectivity index (χ3v) is 3.80. The van der Waals surface area contributed by atoms with Gasteiger partial charge in [0.05, 0.1) is 5.52 Å². The summed E-state index contributed by atoms with van der Waals surface area (Å²) in [7, 11) is 0. The summed E-state index contributed by atoms with van der Waals surface area (Å²) in [6.07, 6.45) is 3.74. The average molecular weight is 262 g/mol. The molecule has 0 spiro atoms. The van der Waals surface area contributed by atoms with E-state index >= 15 is 0 Å². The van der Waals surface area contributed by atoms with Crippen molar-refractivity contribution >= 4 is 28.3 Å².